The number of rotatable bonds is 2. The Kier molecular flexibility index (Phi) is 3.91. The van der Waals surface area contributed by atoms with Gasteiger partial charge in [-0.3, -0.25) is 9.69 Å². The molecule has 2 aliphatic rings. The highest BCUT2D eigenvalue weighted by atomic mass is 16.2. The Morgan fingerprint density at radius 2 is 2.11 bits per heavy atom. The monoisotopic (exact) mass is 249 g/mol. The van der Waals surface area contributed by atoms with Gasteiger partial charge in [0.2, 0.25) is 5.91 Å². The summed E-state index contributed by atoms with van der Waals surface area (Å²) in [5.41, 5.74) is -0.00428. The molecule has 1 saturated heterocycles. The van der Waals surface area contributed by atoms with Gasteiger partial charge in [0.15, 0.2) is 0 Å². The minimum Gasteiger partial charge on any atom is -0.355 e. The molecular formula is C14H23N3O. The van der Waals surface area contributed by atoms with Crippen molar-refractivity contribution in [1.29, 1.82) is 5.26 Å². The van der Waals surface area contributed by atoms with E-state index in [0.29, 0.717) is 12.5 Å². The van der Waals surface area contributed by atoms with E-state index in [2.05, 4.69) is 30.1 Å². The van der Waals surface area contributed by atoms with E-state index in [0.717, 1.165) is 13.0 Å². The van der Waals surface area contributed by atoms with Crippen LogP contribution < -0.4 is 5.32 Å². The van der Waals surface area contributed by atoms with Crippen molar-refractivity contribution in [2.45, 2.75) is 70.0 Å². The molecule has 0 bridgehead atoms. The van der Waals surface area contributed by atoms with Crippen molar-refractivity contribution in [1.82, 2.24) is 10.2 Å². The lowest BCUT2D eigenvalue weighted by molar-refractivity contribution is -0.128. The molecule has 1 atom stereocenters. The SMILES string of the molecule is CC1(C)CCNC(=O)C(CC#N)N1C1CCCC1. The Morgan fingerprint density at radius 3 is 2.72 bits per heavy atom. The summed E-state index contributed by atoms with van der Waals surface area (Å²) in [5, 5.41) is 12.0. The largest absolute Gasteiger partial charge is 0.355 e. The van der Waals surface area contributed by atoms with Gasteiger partial charge >= 0.3 is 0 Å². The molecule has 0 aromatic rings. The summed E-state index contributed by atoms with van der Waals surface area (Å²) in [6.07, 6.45) is 6.08. The van der Waals surface area contributed by atoms with Crippen LogP contribution in [0.5, 0.6) is 0 Å². The Morgan fingerprint density at radius 1 is 1.44 bits per heavy atom. The predicted molar refractivity (Wildman–Crippen MR) is 69.8 cm³/mol. The van der Waals surface area contributed by atoms with Crippen LogP contribution in [0.15, 0.2) is 0 Å². The third kappa shape index (κ3) is 2.51. The van der Waals surface area contributed by atoms with Crippen LogP contribution in [0.4, 0.5) is 0 Å². The Labute approximate surface area is 109 Å². The number of nitriles is 1. The zero-order valence-corrected chi connectivity index (χ0v) is 11.4. The fraction of sp³-hybridized carbons (Fsp3) is 0.857. The van der Waals surface area contributed by atoms with E-state index in [1.807, 2.05) is 0 Å². The van der Waals surface area contributed by atoms with Crippen molar-refractivity contribution < 1.29 is 4.79 Å². The van der Waals surface area contributed by atoms with E-state index >= 15 is 0 Å². The Hall–Kier alpha value is -1.08. The summed E-state index contributed by atoms with van der Waals surface area (Å²) in [6.45, 7) is 5.13. The van der Waals surface area contributed by atoms with Gasteiger partial charge in [0.1, 0.15) is 6.04 Å². The van der Waals surface area contributed by atoms with Crippen LogP contribution >= 0.6 is 0 Å². The molecule has 1 aliphatic carbocycles. The molecule has 0 aromatic carbocycles. The van der Waals surface area contributed by atoms with Gasteiger partial charge in [-0.05, 0) is 33.1 Å². The molecule has 1 saturated carbocycles. The lowest BCUT2D eigenvalue weighted by Crippen LogP contribution is -2.56. The minimum absolute atomic E-state index is 0.00428. The Balaban J connectivity index is 2.29. The van der Waals surface area contributed by atoms with Crippen LogP contribution in [0.1, 0.15) is 52.4 Å². The molecule has 1 heterocycles. The first-order valence-electron chi connectivity index (χ1n) is 6.99. The maximum Gasteiger partial charge on any atom is 0.238 e. The summed E-state index contributed by atoms with van der Waals surface area (Å²) in [7, 11) is 0. The number of carbonyl (C=O) groups excluding carboxylic acids is 1. The fourth-order valence-corrected chi connectivity index (χ4v) is 3.50. The highest BCUT2D eigenvalue weighted by Gasteiger charge is 2.43. The van der Waals surface area contributed by atoms with E-state index in [-0.39, 0.29) is 17.5 Å². The van der Waals surface area contributed by atoms with Gasteiger partial charge in [0.05, 0.1) is 12.5 Å². The molecule has 0 aromatic heterocycles. The standard InChI is InChI=1S/C14H23N3O/c1-14(2)8-10-16-13(18)12(7-9-15)17(14)11-5-3-4-6-11/h11-12H,3-8,10H2,1-2H3,(H,16,18). The quantitative estimate of drug-likeness (QED) is 0.812. The number of nitrogens with zero attached hydrogens (tertiary/aromatic N) is 2. The minimum atomic E-state index is -0.268. The Bertz CT molecular complexity index is 353. The topological polar surface area (TPSA) is 56.1 Å². The summed E-state index contributed by atoms with van der Waals surface area (Å²) in [5.74, 6) is 0.0361. The van der Waals surface area contributed by atoms with E-state index in [9.17, 15) is 4.79 Å². The van der Waals surface area contributed by atoms with Crippen molar-refractivity contribution in [3.05, 3.63) is 0 Å². The van der Waals surface area contributed by atoms with Crippen LogP contribution in [-0.2, 0) is 4.79 Å². The zero-order chi connectivity index (χ0) is 13.2. The second-order valence-corrected chi connectivity index (χ2v) is 6.08. The summed E-state index contributed by atoms with van der Waals surface area (Å²) in [6, 6.07) is 2.39. The first-order valence-corrected chi connectivity index (χ1v) is 6.99. The molecule has 4 nitrogen and oxygen atoms in total. The van der Waals surface area contributed by atoms with Crippen LogP contribution in [0, 0.1) is 11.3 Å². The number of nitrogens with one attached hydrogen (secondary N) is 1. The molecule has 18 heavy (non-hydrogen) atoms. The normalized spacial score (nSPS) is 29.6. The van der Waals surface area contributed by atoms with Gasteiger partial charge in [0.25, 0.3) is 0 Å². The van der Waals surface area contributed by atoms with E-state index in [1.54, 1.807) is 0 Å². The van der Waals surface area contributed by atoms with Gasteiger partial charge < -0.3 is 5.32 Å². The molecule has 4 heteroatoms. The van der Waals surface area contributed by atoms with E-state index < -0.39 is 0 Å². The predicted octanol–water partition coefficient (Wildman–Crippen LogP) is 1.81. The van der Waals surface area contributed by atoms with Crippen LogP contribution in [-0.4, -0.2) is 35.0 Å². The number of hydrogen-bond donors (Lipinski definition) is 1. The molecule has 2 fully saturated rings. The summed E-state index contributed by atoms with van der Waals surface area (Å²) >= 11 is 0. The molecule has 1 N–H and O–H groups in total. The van der Waals surface area contributed by atoms with Crippen molar-refractivity contribution in [3.8, 4) is 6.07 Å². The number of amides is 1. The molecule has 100 valence electrons. The van der Waals surface area contributed by atoms with Crippen molar-refractivity contribution in [2.75, 3.05) is 6.54 Å². The van der Waals surface area contributed by atoms with Gasteiger partial charge in [-0.2, -0.15) is 5.26 Å². The average Bonchev–Trinajstić information content (AvgIpc) is 2.77. The number of hydrogen-bond acceptors (Lipinski definition) is 3. The van der Waals surface area contributed by atoms with Crippen LogP contribution in [0.25, 0.3) is 0 Å². The lowest BCUT2D eigenvalue weighted by Gasteiger charge is -2.44. The van der Waals surface area contributed by atoms with Crippen molar-refractivity contribution in [3.63, 3.8) is 0 Å². The molecule has 1 amide bonds. The average molecular weight is 249 g/mol. The third-order valence-electron chi connectivity index (χ3n) is 4.38. The van der Waals surface area contributed by atoms with E-state index in [4.69, 9.17) is 5.26 Å². The van der Waals surface area contributed by atoms with Gasteiger partial charge in [-0.15, -0.1) is 0 Å². The van der Waals surface area contributed by atoms with Gasteiger partial charge in [0, 0.05) is 18.1 Å². The molecule has 2 rings (SSSR count). The van der Waals surface area contributed by atoms with Crippen LogP contribution in [0.2, 0.25) is 0 Å². The summed E-state index contributed by atoms with van der Waals surface area (Å²) < 4.78 is 0. The first kappa shape index (κ1) is 13.4. The first-order chi connectivity index (χ1) is 8.56. The van der Waals surface area contributed by atoms with Crippen LogP contribution in [0.3, 0.4) is 0 Å². The molecular weight excluding hydrogens is 226 g/mol. The van der Waals surface area contributed by atoms with Crippen molar-refractivity contribution >= 4 is 5.91 Å². The zero-order valence-electron chi connectivity index (χ0n) is 11.4. The molecule has 1 aliphatic heterocycles. The lowest BCUT2D eigenvalue weighted by atomic mass is 9.93. The second kappa shape index (κ2) is 5.27. The maximum absolute atomic E-state index is 12.2. The van der Waals surface area contributed by atoms with Gasteiger partial charge in [-0.25, -0.2) is 0 Å². The summed E-state index contributed by atoms with van der Waals surface area (Å²) in [4.78, 5) is 14.5. The smallest absolute Gasteiger partial charge is 0.238 e. The highest BCUT2D eigenvalue weighted by Crippen LogP contribution is 2.34. The fourth-order valence-electron chi connectivity index (χ4n) is 3.50. The maximum atomic E-state index is 12.2. The number of carbonyl (C=O) groups is 1. The van der Waals surface area contributed by atoms with Crippen molar-refractivity contribution in [2.24, 2.45) is 0 Å². The van der Waals surface area contributed by atoms with Gasteiger partial charge in [-0.1, -0.05) is 12.8 Å². The third-order valence-corrected chi connectivity index (χ3v) is 4.38. The molecule has 0 radical (unpaired) electrons. The molecule has 1 unspecified atom stereocenters. The molecule has 0 spiro atoms. The van der Waals surface area contributed by atoms with E-state index in [1.165, 1.54) is 25.7 Å². The highest BCUT2D eigenvalue weighted by molar-refractivity contribution is 5.82. The second-order valence-electron chi connectivity index (χ2n) is 6.08.